The highest BCUT2D eigenvalue weighted by Gasteiger charge is 2.33. The third-order valence-electron chi connectivity index (χ3n) is 3.71. The lowest BCUT2D eigenvalue weighted by atomic mass is 10.1. The molecular formula is C12H27N3S. The number of likely N-dealkylation sites (tertiary alicyclic amines) is 1. The third-order valence-corrected chi connectivity index (χ3v) is 4.35. The average molecular weight is 245 g/mol. The minimum Gasteiger partial charge on any atom is -0.329 e. The molecule has 16 heavy (non-hydrogen) atoms. The maximum absolute atomic E-state index is 5.90. The van der Waals surface area contributed by atoms with Crippen LogP contribution in [-0.4, -0.2) is 67.6 Å². The zero-order chi connectivity index (χ0) is 12.1. The second kappa shape index (κ2) is 6.84. The zero-order valence-corrected chi connectivity index (χ0v) is 12.0. The van der Waals surface area contributed by atoms with Crippen molar-refractivity contribution >= 4 is 11.8 Å². The lowest BCUT2D eigenvalue weighted by Gasteiger charge is -2.27. The first-order valence-corrected chi connectivity index (χ1v) is 7.59. The summed E-state index contributed by atoms with van der Waals surface area (Å²) in [6.07, 6.45) is 3.40. The molecule has 1 rings (SSSR count). The van der Waals surface area contributed by atoms with E-state index in [9.17, 15) is 0 Å². The second-order valence-corrected chi connectivity index (χ2v) is 6.12. The van der Waals surface area contributed by atoms with E-state index >= 15 is 0 Å². The van der Waals surface area contributed by atoms with Gasteiger partial charge in [0.15, 0.2) is 0 Å². The first kappa shape index (κ1) is 14.3. The van der Waals surface area contributed by atoms with Gasteiger partial charge >= 0.3 is 0 Å². The molecular weight excluding hydrogens is 218 g/mol. The van der Waals surface area contributed by atoms with Crippen molar-refractivity contribution in [2.24, 2.45) is 11.7 Å². The van der Waals surface area contributed by atoms with Gasteiger partial charge in [0, 0.05) is 31.7 Å². The van der Waals surface area contributed by atoms with Crippen LogP contribution in [0.4, 0.5) is 0 Å². The van der Waals surface area contributed by atoms with Gasteiger partial charge in [-0.2, -0.15) is 11.8 Å². The van der Waals surface area contributed by atoms with Crippen LogP contribution in [0.1, 0.15) is 13.3 Å². The number of thioether (sulfide) groups is 1. The van der Waals surface area contributed by atoms with Gasteiger partial charge in [0.1, 0.15) is 0 Å². The number of rotatable bonds is 6. The van der Waals surface area contributed by atoms with E-state index in [1.807, 2.05) is 11.8 Å². The molecule has 0 saturated carbocycles. The Bertz CT molecular complexity index is 199. The minimum absolute atomic E-state index is 0.583. The molecule has 0 spiro atoms. The molecule has 0 aromatic heterocycles. The van der Waals surface area contributed by atoms with Crippen LogP contribution >= 0.6 is 11.8 Å². The highest BCUT2D eigenvalue weighted by Crippen LogP contribution is 2.23. The Labute approximate surface area is 105 Å². The Hall–Kier alpha value is 0.230. The Morgan fingerprint density at radius 2 is 2.12 bits per heavy atom. The van der Waals surface area contributed by atoms with Crippen LogP contribution in [0.2, 0.25) is 0 Å². The summed E-state index contributed by atoms with van der Waals surface area (Å²) in [6.45, 7) is 5.55. The van der Waals surface area contributed by atoms with Crippen LogP contribution in [0.25, 0.3) is 0 Å². The molecule has 0 aromatic rings. The molecule has 96 valence electrons. The fraction of sp³-hybridized carbons (Fsp3) is 1.00. The molecule has 3 nitrogen and oxygen atoms in total. The molecule has 0 aliphatic carbocycles. The van der Waals surface area contributed by atoms with Crippen molar-refractivity contribution in [3.8, 4) is 0 Å². The van der Waals surface area contributed by atoms with Gasteiger partial charge in [-0.1, -0.05) is 6.92 Å². The van der Waals surface area contributed by atoms with Crippen molar-refractivity contribution in [1.29, 1.82) is 0 Å². The van der Waals surface area contributed by atoms with Crippen molar-refractivity contribution in [2.45, 2.75) is 25.4 Å². The predicted molar refractivity (Wildman–Crippen MR) is 74.1 cm³/mol. The van der Waals surface area contributed by atoms with Crippen LogP contribution in [0.15, 0.2) is 0 Å². The van der Waals surface area contributed by atoms with E-state index in [1.54, 1.807) is 0 Å². The van der Waals surface area contributed by atoms with Crippen molar-refractivity contribution < 1.29 is 0 Å². The van der Waals surface area contributed by atoms with Gasteiger partial charge < -0.3 is 10.6 Å². The van der Waals surface area contributed by atoms with Crippen LogP contribution in [0.3, 0.4) is 0 Å². The number of hydrogen-bond acceptors (Lipinski definition) is 4. The van der Waals surface area contributed by atoms with Crippen LogP contribution < -0.4 is 5.73 Å². The van der Waals surface area contributed by atoms with E-state index < -0.39 is 0 Å². The molecule has 0 amide bonds. The first-order valence-electron chi connectivity index (χ1n) is 6.19. The van der Waals surface area contributed by atoms with Crippen LogP contribution in [0, 0.1) is 5.92 Å². The molecule has 3 atom stereocenters. The van der Waals surface area contributed by atoms with Gasteiger partial charge in [0.05, 0.1) is 0 Å². The fourth-order valence-corrected chi connectivity index (χ4v) is 3.17. The van der Waals surface area contributed by atoms with Crippen molar-refractivity contribution in [3.05, 3.63) is 0 Å². The topological polar surface area (TPSA) is 32.5 Å². The molecule has 0 radical (unpaired) electrons. The molecule has 1 aliphatic heterocycles. The second-order valence-electron chi connectivity index (χ2n) is 5.13. The van der Waals surface area contributed by atoms with E-state index in [0.717, 1.165) is 12.5 Å². The molecule has 3 unspecified atom stereocenters. The maximum atomic E-state index is 5.90. The molecule has 0 aromatic carbocycles. The summed E-state index contributed by atoms with van der Waals surface area (Å²) in [7, 11) is 4.37. The Balaban J connectivity index is 2.48. The largest absolute Gasteiger partial charge is 0.329 e. The summed E-state index contributed by atoms with van der Waals surface area (Å²) in [5.41, 5.74) is 5.90. The summed E-state index contributed by atoms with van der Waals surface area (Å²) in [6, 6.07) is 1.28. The van der Waals surface area contributed by atoms with E-state index in [-0.39, 0.29) is 0 Å². The van der Waals surface area contributed by atoms with Gasteiger partial charge in [0.25, 0.3) is 0 Å². The maximum Gasteiger partial charge on any atom is 0.0254 e. The zero-order valence-electron chi connectivity index (χ0n) is 11.1. The summed E-state index contributed by atoms with van der Waals surface area (Å²) >= 11 is 1.92. The standard InChI is InChI=1S/C12H27N3S/c1-10-8-15(9-12(10)14(2)3)11(7-13)5-6-16-4/h10-12H,5-9,13H2,1-4H3. The summed E-state index contributed by atoms with van der Waals surface area (Å²) in [5.74, 6) is 1.98. The molecule has 4 heteroatoms. The van der Waals surface area contributed by atoms with Crippen molar-refractivity contribution in [1.82, 2.24) is 9.80 Å². The number of nitrogens with two attached hydrogens (primary N) is 1. The molecule has 1 heterocycles. The first-order chi connectivity index (χ1) is 7.60. The SMILES string of the molecule is CSCCC(CN)N1CC(C)C(N(C)C)C1. The van der Waals surface area contributed by atoms with Crippen LogP contribution in [-0.2, 0) is 0 Å². The summed E-state index contributed by atoms with van der Waals surface area (Å²) in [5, 5.41) is 0. The predicted octanol–water partition coefficient (Wildman–Crippen LogP) is 0.949. The molecule has 2 N–H and O–H groups in total. The average Bonchev–Trinajstić information content (AvgIpc) is 2.62. The lowest BCUT2D eigenvalue weighted by molar-refractivity contribution is 0.215. The molecule has 1 fully saturated rings. The Morgan fingerprint density at radius 1 is 1.44 bits per heavy atom. The lowest BCUT2D eigenvalue weighted by Crippen LogP contribution is -2.41. The highest BCUT2D eigenvalue weighted by atomic mass is 32.2. The van der Waals surface area contributed by atoms with E-state index in [4.69, 9.17) is 5.73 Å². The van der Waals surface area contributed by atoms with Gasteiger partial charge in [-0.3, -0.25) is 4.90 Å². The van der Waals surface area contributed by atoms with Gasteiger partial charge in [0.2, 0.25) is 0 Å². The normalized spacial score (nSPS) is 28.9. The van der Waals surface area contributed by atoms with Gasteiger partial charge in [-0.05, 0) is 38.4 Å². The fourth-order valence-electron chi connectivity index (χ4n) is 2.66. The quantitative estimate of drug-likeness (QED) is 0.755. The molecule has 1 aliphatic rings. The van der Waals surface area contributed by atoms with E-state index in [1.165, 1.54) is 25.3 Å². The van der Waals surface area contributed by atoms with E-state index in [0.29, 0.717) is 12.1 Å². The molecule has 0 bridgehead atoms. The number of likely N-dealkylation sites (N-methyl/N-ethyl adjacent to an activating group) is 1. The third kappa shape index (κ3) is 3.62. The minimum atomic E-state index is 0.583. The smallest absolute Gasteiger partial charge is 0.0254 e. The monoisotopic (exact) mass is 245 g/mol. The molecule has 1 saturated heterocycles. The Kier molecular flexibility index (Phi) is 6.11. The number of hydrogen-bond donors (Lipinski definition) is 1. The summed E-state index contributed by atoms with van der Waals surface area (Å²) < 4.78 is 0. The highest BCUT2D eigenvalue weighted by molar-refractivity contribution is 7.98. The van der Waals surface area contributed by atoms with Crippen molar-refractivity contribution in [2.75, 3.05) is 45.7 Å². The summed E-state index contributed by atoms with van der Waals surface area (Å²) in [4.78, 5) is 4.94. The number of nitrogens with zero attached hydrogens (tertiary/aromatic N) is 2. The van der Waals surface area contributed by atoms with E-state index in [2.05, 4.69) is 37.1 Å². The Morgan fingerprint density at radius 3 is 2.56 bits per heavy atom. The van der Waals surface area contributed by atoms with Gasteiger partial charge in [-0.15, -0.1) is 0 Å². The van der Waals surface area contributed by atoms with Gasteiger partial charge in [-0.25, -0.2) is 0 Å². The van der Waals surface area contributed by atoms with Crippen LogP contribution in [0.5, 0.6) is 0 Å². The van der Waals surface area contributed by atoms with Crippen molar-refractivity contribution in [3.63, 3.8) is 0 Å².